The molecule has 0 fully saturated rings. The van der Waals surface area contributed by atoms with Gasteiger partial charge in [0.2, 0.25) is 0 Å². The van der Waals surface area contributed by atoms with E-state index in [2.05, 4.69) is 308 Å². The van der Waals surface area contributed by atoms with Crippen LogP contribution in [-0.2, 0) is 37.9 Å². The van der Waals surface area contributed by atoms with Crippen molar-refractivity contribution in [1.29, 1.82) is 0 Å². The smallest absolute Gasteiger partial charge is 0.334 e. The Morgan fingerprint density at radius 2 is 0.931 bits per heavy atom. The second-order valence-electron chi connectivity index (χ2n) is 32.0. The van der Waals surface area contributed by atoms with Gasteiger partial charge < -0.3 is 14.6 Å². The van der Waals surface area contributed by atoms with Crippen LogP contribution in [-0.4, -0.2) is 6.85 Å². The van der Waals surface area contributed by atoms with Crippen molar-refractivity contribution in [2.24, 2.45) is 0 Å². The summed E-state index contributed by atoms with van der Waals surface area (Å²) < 4.78 is 1.36. The Morgan fingerprint density at radius 1 is 0.414 bits per heavy atom. The highest BCUT2D eigenvalue weighted by molar-refractivity contribution is 7.26. The first-order valence-corrected chi connectivity index (χ1v) is 33.1. The average Bonchev–Trinajstić information content (AvgIpc) is 1.67. The second-order valence-corrected chi connectivity index (χ2v) is 33.0. The van der Waals surface area contributed by atoms with Gasteiger partial charge in [0.25, 0.3) is 0 Å². The Balaban J connectivity index is 1.13. The van der Waals surface area contributed by atoms with Crippen LogP contribution in [0.25, 0.3) is 43.1 Å². The lowest BCUT2D eigenvalue weighted by atomic mass is 9.43. The van der Waals surface area contributed by atoms with Crippen LogP contribution >= 0.6 is 11.3 Å². The molecule has 3 nitrogen and oxygen atoms in total. The molecule has 0 unspecified atom stereocenters. The Bertz CT molecular complexity index is 4340. The third kappa shape index (κ3) is 9.33. The van der Waals surface area contributed by atoms with Crippen molar-refractivity contribution in [1.82, 2.24) is 0 Å². The molecular weight excluding hydrogens is 1070 g/mol. The van der Waals surface area contributed by atoms with Crippen LogP contribution in [0.15, 0.2) is 176 Å². The van der Waals surface area contributed by atoms with Crippen LogP contribution in [0.2, 0.25) is 0 Å². The van der Waals surface area contributed by atoms with E-state index in [1.807, 2.05) is 11.3 Å². The van der Waals surface area contributed by atoms with Gasteiger partial charge in [-0.2, -0.15) is 0 Å². The normalized spacial score (nSPS) is 17.1. The molecule has 87 heavy (non-hydrogen) atoms. The third-order valence-electron chi connectivity index (χ3n) is 21.0. The van der Waals surface area contributed by atoms with Crippen molar-refractivity contribution < 1.29 is 0 Å². The molecule has 0 saturated heterocycles. The molecule has 14 rings (SSSR count). The molecule has 0 spiro atoms. The van der Waals surface area contributed by atoms with E-state index < -0.39 is 0 Å². The first-order chi connectivity index (χ1) is 41.0. The van der Waals surface area contributed by atoms with Crippen molar-refractivity contribution in [2.45, 2.75) is 181 Å². The molecule has 440 valence electrons. The summed E-state index contributed by atoms with van der Waals surface area (Å²) >= 11 is 2.01. The van der Waals surface area contributed by atoms with Crippen LogP contribution in [0.4, 0.5) is 44.8 Å². The van der Waals surface area contributed by atoms with E-state index >= 15 is 0 Å². The molecule has 0 atom stereocenters. The van der Waals surface area contributed by atoms with Gasteiger partial charge in [0.15, 0.2) is 0 Å². The highest BCUT2D eigenvalue weighted by Gasteiger charge is 2.50. The summed E-state index contributed by atoms with van der Waals surface area (Å²) in [6.45, 7) is 40.6. The van der Waals surface area contributed by atoms with Gasteiger partial charge in [-0.1, -0.05) is 209 Å². The Kier molecular flexibility index (Phi) is 12.9. The third-order valence-corrected chi connectivity index (χ3v) is 22.2. The fourth-order valence-electron chi connectivity index (χ4n) is 15.4. The molecule has 1 aromatic heterocycles. The fourth-order valence-corrected chi connectivity index (χ4v) is 16.6. The van der Waals surface area contributed by atoms with E-state index in [1.54, 1.807) is 0 Å². The van der Waals surface area contributed by atoms with Crippen LogP contribution in [0.3, 0.4) is 0 Å². The van der Waals surface area contributed by atoms with Crippen molar-refractivity contribution in [3.8, 4) is 22.3 Å². The average molecular weight is 1160 g/mol. The largest absolute Gasteiger partial charge is 0.376 e. The van der Waals surface area contributed by atoms with E-state index in [9.17, 15) is 0 Å². The lowest BCUT2D eigenvalue weighted by Gasteiger charge is -2.47. The number of anilines is 8. The second kappa shape index (κ2) is 19.6. The number of hydrogen-bond acceptors (Lipinski definition) is 4. The number of nitrogens with zero attached hydrogens (tertiary/aromatic N) is 3. The van der Waals surface area contributed by atoms with Gasteiger partial charge in [-0.05, 0) is 220 Å². The van der Waals surface area contributed by atoms with Gasteiger partial charge in [0, 0.05) is 49.6 Å². The van der Waals surface area contributed by atoms with Gasteiger partial charge >= 0.3 is 6.85 Å². The van der Waals surface area contributed by atoms with E-state index in [4.69, 9.17) is 0 Å². The van der Waals surface area contributed by atoms with Crippen LogP contribution in [0.5, 0.6) is 0 Å². The zero-order valence-electron chi connectivity index (χ0n) is 54.9. The van der Waals surface area contributed by atoms with Crippen molar-refractivity contribution >= 4 is 94.8 Å². The lowest BCUT2D eigenvalue weighted by Crippen LogP contribution is -2.61. The maximum Gasteiger partial charge on any atom is 0.334 e. The summed E-state index contributed by atoms with van der Waals surface area (Å²) in [5.41, 5.74) is 26.1. The molecule has 0 amide bonds. The molecule has 0 saturated carbocycles. The molecule has 9 aromatic carbocycles. The molecule has 5 heteroatoms. The Hall–Kier alpha value is -7.34. The van der Waals surface area contributed by atoms with Gasteiger partial charge in [0.1, 0.15) is 0 Å². The molecule has 2 aliphatic heterocycles. The van der Waals surface area contributed by atoms with E-state index in [0.717, 1.165) is 29.9 Å². The molecule has 0 bridgehead atoms. The monoisotopic (exact) mass is 1160 g/mol. The minimum absolute atomic E-state index is 0.00228. The first kappa shape index (κ1) is 57.4. The number of hydrogen-bond donors (Lipinski definition) is 0. The van der Waals surface area contributed by atoms with Gasteiger partial charge in [-0.25, -0.2) is 0 Å². The standard InChI is InChI=1S/C82H88BN3S/c1-76(2,3)53-27-32-56(33-28-53)84(57-34-29-54(30-35-57)77(4,5)6)58-37-40-70-62(47-58)63-45-52-25-21-22-26-60(52)74-72(63)83(86(70)59-36-38-65-66(48-59)80(12,13)42-41-79(65,10)11)73-64-49-67-68(82(16,17)44-43-81(67,14)15)50-71(64)87-75(73)85(74)69-39-31-55(78(7,8)9)46-61(69)51-23-19-18-20-24-51/h18-40,45-50H,41-44H2,1-17H3. The molecular formula is C82H88BN3S. The minimum atomic E-state index is -0.173. The summed E-state index contributed by atoms with van der Waals surface area (Å²) in [6.07, 6.45) is 4.63. The quantitative estimate of drug-likeness (QED) is 0.154. The van der Waals surface area contributed by atoms with E-state index in [-0.39, 0.29) is 44.8 Å². The molecule has 0 N–H and O–H groups in total. The summed E-state index contributed by atoms with van der Waals surface area (Å²) in [6, 6.07) is 69.6. The minimum Gasteiger partial charge on any atom is -0.376 e. The molecule has 10 aromatic rings. The zero-order chi connectivity index (χ0) is 61.3. The summed E-state index contributed by atoms with van der Waals surface area (Å²) in [7, 11) is 0. The predicted molar refractivity (Wildman–Crippen MR) is 380 cm³/mol. The van der Waals surface area contributed by atoms with Gasteiger partial charge in [-0.15, -0.1) is 11.3 Å². The Labute approximate surface area is 524 Å². The highest BCUT2D eigenvalue weighted by atomic mass is 32.1. The van der Waals surface area contributed by atoms with Gasteiger partial charge in [-0.3, -0.25) is 0 Å². The number of fused-ring (bicyclic) bond motifs is 10. The molecule has 4 aliphatic rings. The molecule has 2 aliphatic carbocycles. The highest BCUT2D eigenvalue weighted by Crippen LogP contribution is 2.57. The number of thiophene rings is 1. The topological polar surface area (TPSA) is 9.72 Å². The van der Waals surface area contributed by atoms with Crippen LogP contribution < -0.4 is 25.5 Å². The zero-order valence-corrected chi connectivity index (χ0v) is 55.7. The van der Waals surface area contributed by atoms with Crippen LogP contribution in [0, 0.1) is 0 Å². The molecule has 3 heterocycles. The lowest BCUT2D eigenvalue weighted by molar-refractivity contribution is 0.332. The number of benzene rings is 9. The fraction of sp³-hybridized carbons (Fsp3) is 0.341. The van der Waals surface area contributed by atoms with Crippen molar-refractivity contribution in [3.05, 3.63) is 215 Å². The van der Waals surface area contributed by atoms with Crippen molar-refractivity contribution in [2.75, 3.05) is 14.6 Å². The summed E-state index contributed by atoms with van der Waals surface area (Å²) in [5, 5.41) is 5.18. The maximum absolute atomic E-state index is 2.82. The van der Waals surface area contributed by atoms with Gasteiger partial charge in [0.05, 0.1) is 16.4 Å². The van der Waals surface area contributed by atoms with E-state index in [0.29, 0.717) is 0 Å². The maximum atomic E-state index is 2.82. The Morgan fingerprint density at radius 3 is 1.53 bits per heavy atom. The molecule has 0 radical (unpaired) electrons. The summed E-state index contributed by atoms with van der Waals surface area (Å²) in [5.74, 6) is 0. The summed E-state index contributed by atoms with van der Waals surface area (Å²) in [4.78, 5) is 8.07. The van der Waals surface area contributed by atoms with Crippen molar-refractivity contribution in [3.63, 3.8) is 0 Å². The first-order valence-electron chi connectivity index (χ1n) is 32.3. The number of rotatable bonds is 6. The SMILES string of the molecule is CC(C)(C)c1ccc(N(c2ccc(C(C)(C)C)cc2)c2ccc3c(c2)-c2cc4ccccc4c4c2B(c2c(sc5cc6c(cc25)C(C)(C)CCC6(C)C)N4c2ccc(C(C)(C)C)cc2-c2ccccc2)N3c2ccc3c(c2)C(C)(C)CCC3(C)C)cc1. The van der Waals surface area contributed by atoms with E-state index in [1.165, 1.54) is 134 Å². The van der Waals surface area contributed by atoms with Crippen LogP contribution in [0.1, 0.15) is 182 Å². The predicted octanol–water partition coefficient (Wildman–Crippen LogP) is 22.5.